The van der Waals surface area contributed by atoms with Crippen LogP contribution in [0, 0.1) is 29.1 Å². The second-order valence-corrected chi connectivity index (χ2v) is 5.41. The number of aldehydes is 2. The average molecular weight is 192 g/mol. The van der Waals surface area contributed by atoms with Crippen molar-refractivity contribution in [3.05, 3.63) is 0 Å². The molecule has 0 spiro atoms. The number of hydrogen-bond acceptors (Lipinski definition) is 2. The Kier molecular flexibility index (Phi) is 1.65. The molecule has 0 radical (unpaired) electrons. The number of carbonyl (C=O) groups excluding carboxylic acids is 2. The molecule has 2 bridgehead atoms. The van der Waals surface area contributed by atoms with Gasteiger partial charge >= 0.3 is 0 Å². The van der Waals surface area contributed by atoms with Crippen molar-refractivity contribution in [2.24, 2.45) is 29.1 Å². The van der Waals surface area contributed by atoms with Crippen LogP contribution in [0.2, 0.25) is 0 Å². The third kappa shape index (κ3) is 0.825. The molecule has 4 atom stereocenters. The highest BCUT2D eigenvalue weighted by molar-refractivity contribution is 5.85. The van der Waals surface area contributed by atoms with Crippen LogP contribution in [-0.2, 0) is 9.59 Å². The zero-order valence-corrected chi connectivity index (χ0v) is 8.32. The van der Waals surface area contributed by atoms with Gasteiger partial charge in [0, 0.05) is 0 Å². The predicted octanol–water partition coefficient (Wildman–Crippen LogP) is 1.83. The van der Waals surface area contributed by atoms with Crippen LogP contribution in [-0.4, -0.2) is 12.6 Å². The van der Waals surface area contributed by atoms with Gasteiger partial charge in [-0.05, 0) is 55.8 Å². The number of fused-ring (bicyclic) bond motifs is 5. The van der Waals surface area contributed by atoms with Gasteiger partial charge in [-0.1, -0.05) is 0 Å². The zero-order valence-electron chi connectivity index (χ0n) is 8.32. The maximum absolute atomic E-state index is 11.1. The lowest BCUT2D eigenvalue weighted by molar-refractivity contribution is -0.130. The predicted molar refractivity (Wildman–Crippen MR) is 51.6 cm³/mol. The van der Waals surface area contributed by atoms with Crippen molar-refractivity contribution in [1.29, 1.82) is 0 Å². The van der Waals surface area contributed by atoms with E-state index in [0.717, 1.165) is 31.3 Å². The summed E-state index contributed by atoms with van der Waals surface area (Å²) in [5.74, 6) is 2.63. The van der Waals surface area contributed by atoms with E-state index >= 15 is 0 Å². The van der Waals surface area contributed by atoms with E-state index in [0.29, 0.717) is 17.8 Å². The average Bonchev–Trinajstić information content (AvgIpc) is 2.90. The highest BCUT2D eigenvalue weighted by Crippen LogP contribution is 2.63. The minimum Gasteiger partial charge on any atom is -0.302 e. The van der Waals surface area contributed by atoms with Gasteiger partial charge in [-0.2, -0.15) is 0 Å². The van der Waals surface area contributed by atoms with Crippen molar-refractivity contribution in [2.45, 2.75) is 32.1 Å². The number of hydrogen-bond donors (Lipinski definition) is 0. The van der Waals surface area contributed by atoms with Crippen LogP contribution in [0.3, 0.4) is 0 Å². The molecule has 3 aliphatic carbocycles. The van der Waals surface area contributed by atoms with Crippen molar-refractivity contribution < 1.29 is 9.59 Å². The van der Waals surface area contributed by atoms with Crippen molar-refractivity contribution in [1.82, 2.24) is 0 Å². The third-order valence-corrected chi connectivity index (χ3v) is 5.06. The first kappa shape index (κ1) is 8.63. The molecule has 0 aromatic carbocycles. The first-order chi connectivity index (χ1) is 6.80. The molecule has 4 unspecified atom stereocenters. The van der Waals surface area contributed by atoms with Gasteiger partial charge in [0.15, 0.2) is 0 Å². The van der Waals surface area contributed by atoms with E-state index in [-0.39, 0.29) is 0 Å². The minimum absolute atomic E-state index is 0.413. The quantitative estimate of drug-likeness (QED) is 0.494. The second kappa shape index (κ2) is 2.68. The van der Waals surface area contributed by atoms with Crippen LogP contribution >= 0.6 is 0 Å². The molecule has 0 heterocycles. The number of carbonyl (C=O) groups is 2. The van der Waals surface area contributed by atoms with E-state index in [1.165, 1.54) is 19.3 Å². The van der Waals surface area contributed by atoms with Gasteiger partial charge in [-0.3, -0.25) is 0 Å². The maximum atomic E-state index is 11.1. The summed E-state index contributed by atoms with van der Waals surface area (Å²) in [5.41, 5.74) is -0.579. The van der Waals surface area contributed by atoms with Crippen molar-refractivity contribution in [3.63, 3.8) is 0 Å². The lowest BCUT2D eigenvalue weighted by Gasteiger charge is -2.31. The van der Waals surface area contributed by atoms with Crippen LogP contribution in [0.4, 0.5) is 0 Å². The van der Waals surface area contributed by atoms with E-state index in [1.54, 1.807) is 0 Å². The summed E-state index contributed by atoms with van der Waals surface area (Å²) >= 11 is 0. The SMILES string of the molecule is O=CC1(C=O)CCC2C3CCC(C3)C21. The monoisotopic (exact) mass is 192 g/mol. The summed E-state index contributed by atoms with van der Waals surface area (Å²) in [6.07, 6.45) is 7.73. The van der Waals surface area contributed by atoms with Gasteiger partial charge in [0.25, 0.3) is 0 Å². The fourth-order valence-electron chi connectivity index (χ4n) is 4.55. The fourth-order valence-corrected chi connectivity index (χ4v) is 4.55. The molecule has 2 nitrogen and oxygen atoms in total. The molecule has 0 aromatic rings. The Hall–Kier alpha value is -0.660. The normalized spacial score (nSPS) is 47.7. The standard InChI is InChI=1S/C12H16O2/c13-6-12(7-14)4-3-10-8-1-2-9(5-8)11(10)12/h6-11H,1-5H2. The summed E-state index contributed by atoms with van der Waals surface area (Å²) in [7, 11) is 0. The topological polar surface area (TPSA) is 34.1 Å². The van der Waals surface area contributed by atoms with Gasteiger partial charge in [-0.15, -0.1) is 0 Å². The van der Waals surface area contributed by atoms with E-state index < -0.39 is 5.41 Å². The molecule has 3 saturated carbocycles. The molecule has 14 heavy (non-hydrogen) atoms. The first-order valence-electron chi connectivity index (χ1n) is 5.73. The second-order valence-electron chi connectivity index (χ2n) is 5.41. The fraction of sp³-hybridized carbons (Fsp3) is 0.833. The molecule has 2 heteroatoms. The van der Waals surface area contributed by atoms with E-state index in [2.05, 4.69) is 0 Å². The Morgan fingerprint density at radius 3 is 2.43 bits per heavy atom. The molecule has 0 aromatic heterocycles. The molecule has 3 aliphatic rings. The summed E-state index contributed by atoms with van der Waals surface area (Å²) in [6, 6.07) is 0. The maximum Gasteiger partial charge on any atom is 0.133 e. The molecule has 3 rings (SSSR count). The van der Waals surface area contributed by atoms with Crippen molar-refractivity contribution in [3.8, 4) is 0 Å². The molecule has 76 valence electrons. The van der Waals surface area contributed by atoms with Crippen molar-refractivity contribution in [2.75, 3.05) is 0 Å². The lowest BCUT2D eigenvalue weighted by Crippen LogP contribution is -2.35. The highest BCUT2D eigenvalue weighted by atomic mass is 16.1. The summed E-state index contributed by atoms with van der Waals surface area (Å²) in [6.45, 7) is 0. The van der Waals surface area contributed by atoms with Gasteiger partial charge in [0.2, 0.25) is 0 Å². The van der Waals surface area contributed by atoms with Crippen LogP contribution in [0.25, 0.3) is 0 Å². The van der Waals surface area contributed by atoms with Crippen LogP contribution in [0.15, 0.2) is 0 Å². The van der Waals surface area contributed by atoms with E-state index in [9.17, 15) is 9.59 Å². The Balaban J connectivity index is 1.98. The van der Waals surface area contributed by atoms with Gasteiger partial charge in [0.05, 0.1) is 5.41 Å². The molecule has 3 fully saturated rings. The van der Waals surface area contributed by atoms with Crippen LogP contribution in [0.5, 0.6) is 0 Å². The lowest BCUT2D eigenvalue weighted by atomic mass is 9.70. The Morgan fingerprint density at radius 2 is 1.71 bits per heavy atom. The first-order valence-corrected chi connectivity index (χ1v) is 5.73. The minimum atomic E-state index is -0.579. The van der Waals surface area contributed by atoms with E-state index in [1.807, 2.05) is 0 Å². The molecule has 0 aliphatic heterocycles. The third-order valence-electron chi connectivity index (χ3n) is 5.06. The smallest absolute Gasteiger partial charge is 0.133 e. The summed E-state index contributed by atoms with van der Waals surface area (Å²) < 4.78 is 0. The van der Waals surface area contributed by atoms with Crippen LogP contribution < -0.4 is 0 Å². The van der Waals surface area contributed by atoms with E-state index in [4.69, 9.17) is 0 Å². The number of rotatable bonds is 2. The van der Waals surface area contributed by atoms with Gasteiger partial charge in [-0.25, -0.2) is 0 Å². The molecular weight excluding hydrogens is 176 g/mol. The van der Waals surface area contributed by atoms with Crippen LogP contribution in [0.1, 0.15) is 32.1 Å². The van der Waals surface area contributed by atoms with Gasteiger partial charge in [0.1, 0.15) is 12.6 Å². The molecule has 0 amide bonds. The summed E-state index contributed by atoms with van der Waals surface area (Å²) in [5, 5.41) is 0. The Bertz CT molecular complexity index is 276. The molecule has 0 saturated heterocycles. The highest BCUT2D eigenvalue weighted by Gasteiger charge is 2.60. The largest absolute Gasteiger partial charge is 0.302 e. The summed E-state index contributed by atoms with van der Waals surface area (Å²) in [4.78, 5) is 22.3. The Labute approximate surface area is 84.1 Å². The molecule has 0 N–H and O–H groups in total. The van der Waals surface area contributed by atoms with Gasteiger partial charge < -0.3 is 9.59 Å². The Morgan fingerprint density at radius 1 is 1.00 bits per heavy atom. The van der Waals surface area contributed by atoms with Crippen molar-refractivity contribution >= 4 is 12.6 Å². The molecular formula is C12H16O2. The zero-order chi connectivity index (χ0) is 9.76.